The quantitative estimate of drug-likeness (QED) is 0.478. The van der Waals surface area contributed by atoms with Crippen LogP contribution in [0.2, 0.25) is 5.02 Å². The van der Waals surface area contributed by atoms with Crippen LogP contribution in [0.15, 0.2) is 60.9 Å². The summed E-state index contributed by atoms with van der Waals surface area (Å²) in [6, 6.07) is 17.2. The Balaban J connectivity index is 1.37. The van der Waals surface area contributed by atoms with Gasteiger partial charge in [-0.2, -0.15) is 4.37 Å². The minimum atomic E-state index is -0.0303. The van der Waals surface area contributed by atoms with Crippen LogP contribution in [-0.4, -0.2) is 51.3 Å². The average Bonchev–Trinajstić information content (AvgIpc) is 3.24. The van der Waals surface area contributed by atoms with Crippen molar-refractivity contribution in [3.63, 3.8) is 0 Å². The number of carbonyl (C=O) groups is 1. The van der Waals surface area contributed by atoms with Gasteiger partial charge in [-0.3, -0.25) is 4.79 Å². The van der Waals surface area contributed by atoms with E-state index in [9.17, 15) is 4.79 Å². The van der Waals surface area contributed by atoms with Gasteiger partial charge in [0.15, 0.2) is 5.82 Å². The predicted octanol–water partition coefficient (Wildman–Crippen LogP) is 4.37. The molecular weight excluding hydrogens is 418 g/mol. The van der Waals surface area contributed by atoms with Gasteiger partial charge in [0.05, 0.1) is 10.6 Å². The molecule has 1 saturated heterocycles. The maximum absolute atomic E-state index is 12.8. The van der Waals surface area contributed by atoms with Gasteiger partial charge in [-0.1, -0.05) is 54.1 Å². The van der Waals surface area contributed by atoms with E-state index in [1.54, 1.807) is 18.5 Å². The number of anilines is 1. The molecule has 6 nitrogen and oxygen atoms in total. The SMILES string of the molecule is O=C(c1ccccc1Cl)N1CCN(c2ncnc3c(-c4ccccc4)nsc23)CC1. The number of hydrogen-bond donors (Lipinski definition) is 0. The van der Waals surface area contributed by atoms with Gasteiger partial charge in [-0.15, -0.1) is 0 Å². The normalized spacial score (nSPS) is 14.3. The number of benzene rings is 2. The third-order valence-electron chi connectivity index (χ3n) is 5.26. The van der Waals surface area contributed by atoms with Crippen molar-refractivity contribution in [2.24, 2.45) is 0 Å². The molecule has 5 rings (SSSR count). The lowest BCUT2D eigenvalue weighted by Gasteiger charge is -2.35. The Morgan fingerprint density at radius 1 is 0.933 bits per heavy atom. The number of carbonyl (C=O) groups excluding carboxylic acids is 1. The van der Waals surface area contributed by atoms with E-state index >= 15 is 0 Å². The van der Waals surface area contributed by atoms with Crippen molar-refractivity contribution in [2.45, 2.75) is 0 Å². The summed E-state index contributed by atoms with van der Waals surface area (Å²) in [5.74, 6) is 0.849. The lowest BCUT2D eigenvalue weighted by atomic mass is 10.1. The summed E-state index contributed by atoms with van der Waals surface area (Å²) in [4.78, 5) is 25.9. The van der Waals surface area contributed by atoms with E-state index in [2.05, 4.69) is 19.2 Å². The molecule has 0 atom stereocenters. The van der Waals surface area contributed by atoms with Crippen molar-refractivity contribution in [1.29, 1.82) is 0 Å². The fourth-order valence-corrected chi connectivity index (χ4v) is 4.78. The summed E-state index contributed by atoms with van der Waals surface area (Å²) in [5, 5.41) is 0.487. The predicted molar refractivity (Wildman–Crippen MR) is 120 cm³/mol. The highest BCUT2D eigenvalue weighted by Gasteiger charge is 2.26. The van der Waals surface area contributed by atoms with Crippen LogP contribution in [0.4, 0.5) is 5.82 Å². The fourth-order valence-electron chi connectivity index (χ4n) is 3.69. The van der Waals surface area contributed by atoms with Crippen LogP contribution >= 0.6 is 23.1 Å². The largest absolute Gasteiger partial charge is 0.352 e. The Kier molecular flexibility index (Phi) is 5.06. The first-order valence-corrected chi connectivity index (χ1v) is 10.8. The third kappa shape index (κ3) is 3.40. The molecular formula is C22H18ClN5OS. The number of aromatic nitrogens is 3. The van der Waals surface area contributed by atoms with E-state index in [0.717, 1.165) is 27.3 Å². The average molecular weight is 436 g/mol. The summed E-state index contributed by atoms with van der Waals surface area (Å²) in [6.45, 7) is 2.61. The molecule has 1 aliphatic heterocycles. The standard InChI is InChI=1S/C22H18ClN5OS/c23-17-9-5-4-8-16(17)22(29)28-12-10-27(11-13-28)21-20-19(24-14-25-21)18(26-30-20)15-6-2-1-3-7-15/h1-9,14H,10-13H2. The lowest BCUT2D eigenvalue weighted by Crippen LogP contribution is -2.49. The molecule has 1 aliphatic rings. The lowest BCUT2D eigenvalue weighted by molar-refractivity contribution is 0.0747. The van der Waals surface area contributed by atoms with Crippen molar-refractivity contribution >= 4 is 45.1 Å². The van der Waals surface area contributed by atoms with E-state index < -0.39 is 0 Å². The molecule has 0 bridgehead atoms. The second kappa shape index (κ2) is 8.01. The van der Waals surface area contributed by atoms with Crippen molar-refractivity contribution in [3.8, 4) is 11.3 Å². The highest BCUT2D eigenvalue weighted by molar-refractivity contribution is 7.14. The molecule has 4 aromatic rings. The smallest absolute Gasteiger partial charge is 0.255 e. The van der Waals surface area contributed by atoms with Gasteiger partial charge in [-0.25, -0.2) is 9.97 Å². The van der Waals surface area contributed by atoms with Gasteiger partial charge < -0.3 is 9.80 Å². The van der Waals surface area contributed by atoms with Crippen LogP contribution in [0.1, 0.15) is 10.4 Å². The van der Waals surface area contributed by atoms with Gasteiger partial charge in [0.1, 0.15) is 22.2 Å². The van der Waals surface area contributed by atoms with Crippen LogP contribution in [-0.2, 0) is 0 Å². The maximum atomic E-state index is 12.8. The molecule has 0 saturated carbocycles. The molecule has 30 heavy (non-hydrogen) atoms. The molecule has 0 aliphatic carbocycles. The zero-order chi connectivity index (χ0) is 20.5. The second-order valence-electron chi connectivity index (χ2n) is 7.03. The molecule has 0 N–H and O–H groups in total. The Labute approximate surface area is 182 Å². The fraction of sp³-hybridized carbons (Fsp3) is 0.182. The maximum Gasteiger partial charge on any atom is 0.255 e. The van der Waals surface area contributed by atoms with E-state index in [4.69, 9.17) is 11.6 Å². The number of piperazine rings is 1. The van der Waals surface area contributed by atoms with Crippen molar-refractivity contribution in [3.05, 3.63) is 71.5 Å². The number of halogens is 1. The highest BCUT2D eigenvalue weighted by Crippen LogP contribution is 2.34. The van der Waals surface area contributed by atoms with E-state index in [-0.39, 0.29) is 5.91 Å². The summed E-state index contributed by atoms with van der Waals surface area (Å²) in [6.07, 6.45) is 1.60. The molecule has 2 aromatic heterocycles. The van der Waals surface area contributed by atoms with Gasteiger partial charge >= 0.3 is 0 Å². The number of hydrogen-bond acceptors (Lipinski definition) is 6. The first-order valence-electron chi connectivity index (χ1n) is 9.67. The van der Waals surface area contributed by atoms with Gasteiger partial charge in [-0.05, 0) is 23.7 Å². The molecule has 3 heterocycles. The van der Waals surface area contributed by atoms with Crippen LogP contribution in [0.25, 0.3) is 21.5 Å². The van der Waals surface area contributed by atoms with Crippen molar-refractivity contribution < 1.29 is 4.79 Å². The number of fused-ring (bicyclic) bond motifs is 1. The summed E-state index contributed by atoms with van der Waals surface area (Å²) in [7, 11) is 0. The first-order chi connectivity index (χ1) is 14.7. The summed E-state index contributed by atoms with van der Waals surface area (Å²) < 4.78 is 5.62. The molecule has 0 unspecified atom stereocenters. The second-order valence-corrected chi connectivity index (χ2v) is 8.21. The van der Waals surface area contributed by atoms with Gasteiger partial charge in [0, 0.05) is 31.7 Å². The third-order valence-corrected chi connectivity index (χ3v) is 6.42. The Bertz CT molecular complexity index is 1200. The molecule has 2 aromatic carbocycles. The summed E-state index contributed by atoms with van der Waals surface area (Å²) >= 11 is 7.62. The number of amides is 1. The van der Waals surface area contributed by atoms with Crippen LogP contribution < -0.4 is 4.90 Å². The molecule has 0 radical (unpaired) electrons. The Hall–Kier alpha value is -3.03. The highest BCUT2D eigenvalue weighted by atomic mass is 35.5. The van der Waals surface area contributed by atoms with Crippen molar-refractivity contribution in [2.75, 3.05) is 31.1 Å². The Morgan fingerprint density at radius 3 is 2.43 bits per heavy atom. The van der Waals surface area contributed by atoms with Crippen LogP contribution in [0.3, 0.4) is 0 Å². The zero-order valence-corrected chi connectivity index (χ0v) is 17.6. The monoisotopic (exact) mass is 435 g/mol. The van der Waals surface area contributed by atoms with Crippen LogP contribution in [0, 0.1) is 0 Å². The topological polar surface area (TPSA) is 62.2 Å². The van der Waals surface area contributed by atoms with E-state index in [1.807, 2.05) is 47.4 Å². The minimum Gasteiger partial charge on any atom is -0.352 e. The minimum absolute atomic E-state index is 0.0303. The first kappa shape index (κ1) is 19.0. The van der Waals surface area contributed by atoms with E-state index in [0.29, 0.717) is 36.8 Å². The summed E-state index contributed by atoms with van der Waals surface area (Å²) in [5.41, 5.74) is 3.34. The molecule has 150 valence electrons. The Morgan fingerprint density at radius 2 is 1.67 bits per heavy atom. The molecule has 0 spiro atoms. The van der Waals surface area contributed by atoms with Gasteiger partial charge in [0.2, 0.25) is 0 Å². The number of nitrogens with zero attached hydrogens (tertiary/aromatic N) is 5. The molecule has 1 amide bonds. The molecule has 8 heteroatoms. The number of rotatable bonds is 3. The van der Waals surface area contributed by atoms with E-state index in [1.165, 1.54) is 11.5 Å². The zero-order valence-electron chi connectivity index (χ0n) is 16.0. The van der Waals surface area contributed by atoms with Gasteiger partial charge in [0.25, 0.3) is 5.91 Å². The van der Waals surface area contributed by atoms with Crippen LogP contribution in [0.5, 0.6) is 0 Å². The molecule has 1 fully saturated rings. The van der Waals surface area contributed by atoms with Crippen molar-refractivity contribution in [1.82, 2.24) is 19.2 Å².